The van der Waals surface area contributed by atoms with Crippen LogP contribution in [-0.2, 0) is 4.79 Å². The van der Waals surface area contributed by atoms with Crippen LogP contribution in [0, 0.1) is 13.8 Å². The predicted molar refractivity (Wildman–Crippen MR) is 111 cm³/mol. The SMILES string of the molecule is Cc1cccc(NC(=O)c2cccc(NC(=O)COc3ccccc3C)c2)c1. The van der Waals surface area contributed by atoms with E-state index in [1.807, 2.05) is 62.4 Å². The minimum absolute atomic E-state index is 0.107. The number of ether oxygens (including phenoxy) is 1. The zero-order valence-corrected chi connectivity index (χ0v) is 15.9. The standard InChI is InChI=1S/C23H22N2O3/c1-16-7-5-10-19(13-16)25-23(27)18-9-6-11-20(14-18)24-22(26)15-28-21-12-4-3-8-17(21)2/h3-14H,15H2,1-2H3,(H,24,26)(H,25,27). The average Bonchev–Trinajstić information content (AvgIpc) is 2.67. The summed E-state index contributed by atoms with van der Waals surface area (Å²) in [4.78, 5) is 24.6. The van der Waals surface area contributed by atoms with Gasteiger partial charge in [0.25, 0.3) is 11.8 Å². The highest BCUT2D eigenvalue weighted by Crippen LogP contribution is 2.17. The van der Waals surface area contributed by atoms with Crippen LogP contribution in [0.1, 0.15) is 21.5 Å². The van der Waals surface area contributed by atoms with Crippen LogP contribution in [-0.4, -0.2) is 18.4 Å². The van der Waals surface area contributed by atoms with E-state index in [0.29, 0.717) is 17.0 Å². The average molecular weight is 374 g/mol. The highest BCUT2D eigenvalue weighted by Gasteiger charge is 2.09. The smallest absolute Gasteiger partial charge is 0.262 e. The Morgan fingerprint density at radius 1 is 0.821 bits per heavy atom. The van der Waals surface area contributed by atoms with Crippen molar-refractivity contribution in [2.24, 2.45) is 0 Å². The minimum Gasteiger partial charge on any atom is -0.483 e. The molecule has 2 amide bonds. The molecule has 0 aliphatic heterocycles. The molecule has 142 valence electrons. The lowest BCUT2D eigenvalue weighted by Crippen LogP contribution is -2.20. The fraction of sp³-hybridized carbons (Fsp3) is 0.130. The third kappa shape index (κ3) is 5.20. The summed E-state index contributed by atoms with van der Waals surface area (Å²) in [6, 6.07) is 21.9. The van der Waals surface area contributed by atoms with Gasteiger partial charge in [-0.1, -0.05) is 36.4 Å². The molecule has 28 heavy (non-hydrogen) atoms. The van der Waals surface area contributed by atoms with Crippen LogP contribution in [0.25, 0.3) is 0 Å². The van der Waals surface area contributed by atoms with E-state index in [4.69, 9.17) is 4.74 Å². The number of hydrogen-bond acceptors (Lipinski definition) is 3. The highest BCUT2D eigenvalue weighted by molar-refractivity contribution is 6.05. The van der Waals surface area contributed by atoms with Crippen LogP contribution in [0.15, 0.2) is 72.8 Å². The summed E-state index contributed by atoms with van der Waals surface area (Å²) in [5.41, 5.74) is 3.75. The largest absolute Gasteiger partial charge is 0.483 e. The Morgan fingerprint density at radius 2 is 1.54 bits per heavy atom. The third-order valence-corrected chi connectivity index (χ3v) is 4.14. The maximum Gasteiger partial charge on any atom is 0.262 e. The molecule has 0 fully saturated rings. The van der Waals surface area contributed by atoms with Gasteiger partial charge in [0.15, 0.2) is 6.61 Å². The maximum atomic E-state index is 12.5. The van der Waals surface area contributed by atoms with Gasteiger partial charge in [0.05, 0.1) is 0 Å². The number of rotatable bonds is 6. The van der Waals surface area contributed by atoms with Crippen molar-refractivity contribution >= 4 is 23.2 Å². The fourth-order valence-corrected chi connectivity index (χ4v) is 2.72. The second-order valence-electron chi connectivity index (χ2n) is 6.51. The number of para-hydroxylation sites is 1. The first-order chi connectivity index (χ1) is 13.5. The summed E-state index contributed by atoms with van der Waals surface area (Å²) in [6.45, 7) is 3.78. The highest BCUT2D eigenvalue weighted by atomic mass is 16.5. The Bertz CT molecular complexity index is 998. The first-order valence-corrected chi connectivity index (χ1v) is 8.97. The summed E-state index contributed by atoms with van der Waals surface area (Å²) in [5.74, 6) is 0.140. The number of amides is 2. The van der Waals surface area contributed by atoms with Gasteiger partial charge in [0, 0.05) is 16.9 Å². The fourth-order valence-electron chi connectivity index (χ4n) is 2.72. The van der Waals surface area contributed by atoms with Gasteiger partial charge in [-0.3, -0.25) is 9.59 Å². The van der Waals surface area contributed by atoms with Gasteiger partial charge in [-0.2, -0.15) is 0 Å². The van der Waals surface area contributed by atoms with Crippen molar-refractivity contribution in [1.29, 1.82) is 0 Å². The Labute approximate surface area is 164 Å². The van der Waals surface area contributed by atoms with E-state index < -0.39 is 0 Å². The third-order valence-electron chi connectivity index (χ3n) is 4.14. The number of carbonyl (C=O) groups is 2. The van der Waals surface area contributed by atoms with Crippen LogP contribution in [0.4, 0.5) is 11.4 Å². The molecule has 0 heterocycles. The molecule has 0 saturated carbocycles. The summed E-state index contributed by atoms with van der Waals surface area (Å²) < 4.78 is 5.55. The van der Waals surface area contributed by atoms with Crippen molar-refractivity contribution in [3.8, 4) is 5.75 Å². The van der Waals surface area contributed by atoms with Crippen molar-refractivity contribution in [2.75, 3.05) is 17.2 Å². The summed E-state index contributed by atoms with van der Waals surface area (Å²) in [7, 11) is 0. The van der Waals surface area contributed by atoms with Crippen LogP contribution < -0.4 is 15.4 Å². The Kier molecular flexibility index (Phi) is 6.07. The molecule has 3 aromatic carbocycles. The molecule has 0 atom stereocenters. The Hall–Kier alpha value is -3.60. The van der Waals surface area contributed by atoms with Crippen LogP contribution in [0.3, 0.4) is 0 Å². The number of anilines is 2. The van der Waals surface area contributed by atoms with E-state index in [-0.39, 0.29) is 18.4 Å². The molecule has 0 spiro atoms. The molecule has 2 N–H and O–H groups in total. The van der Waals surface area contributed by atoms with Crippen molar-refractivity contribution in [3.05, 3.63) is 89.5 Å². The number of carbonyl (C=O) groups excluding carboxylic acids is 2. The lowest BCUT2D eigenvalue weighted by Gasteiger charge is -2.10. The second kappa shape index (κ2) is 8.86. The van der Waals surface area contributed by atoms with Gasteiger partial charge < -0.3 is 15.4 Å². The molecule has 0 aliphatic rings. The summed E-state index contributed by atoms with van der Waals surface area (Å²) in [6.07, 6.45) is 0. The van der Waals surface area contributed by atoms with Crippen LogP contribution in [0.5, 0.6) is 5.75 Å². The van der Waals surface area contributed by atoms with Gasteiger partial charge in [0.1, 0.15) is 5.75 Å². The predicted octanol–water partition coefficient (Wildman–Crippen LogP) is 4.57. The number of hydrogen-bond donors (Lipinski definition) is 2. The topological polar surface area (TPSA) is 67.4 Å². The molecule has 3 aromatic rings. The molecular formula is C23H22N2O3. The molecule has 0 unspecified atom stereocenters. The van der Waals surface area contributed by atoms with Crippen molar-refractivity contribution in [2.45, 2.75) is 13.8 Å². The number of aryl methyl sites for hydroxylation is 2. The first-order valence-electron chi connectivity index (χ1n) is 8.97. The monoisotopic (exact) mass is 374 g/mol. The normalized spacial score (nSPS) is 10.2. The molecule has 0 saturated heterocycles. The Morgan fingerprint density at radius 3 is 2.29 bits per heavy atom. The quantitative estimate of drug-likeness (QED) is 0.664. The number of benzene rings is 3. The van der Waals surface area contributed by atoms with E-state index in [9.17, 15) is 9.59 Å². The molecule has 0 bridgehead atoms. The van der Waals surface area contributed by atoms with Gasteiger partial charge in [-0.05, 0) is 61.4 Å². The van der Waals surface area contributed by atoms with Gasteiger partial charge in [-0.15, -0.1) is 0 Å². The van der Waals surface area contributed by atoms with E-state index in [0.717, 1.165) is 16.8 Å². The van der Waals surface area contributed by atoms with Crippen LogP contribution >= 0.6 is 0 Å². The summed E-state index contributed by atoms with van der Waals surface area (Å²) in [5, 5.41) is 5.61. The van der Waals surface area contributed by atoms with Crippen molar-refractivity contribution in [1.82, 2.24) is 0 Å². The van der Waals surface area contributed by atoms with E-state index in [1.54, 1.807) is 24.3 Å². The molecule has 5 heteroatoms. The molecule has 0 aliphatic carbocycles. The molecule has 3 rings (SSSR count). The van der Waals surface area contributed by atoms with Gasteiger partial charge in [0.2, 0.25) is 0 Å². The molecule has 0 aromatic heterocycles. The van der Waals surface area contributed by atoms with E-state index in [1.165, 1.54) is 0 Å². The lowest BCUT2D eigenvalue weighted by atomic mass is 10.1. The minimum atomic E-state index is -0.292. The Balaban J connectivity index is 1.60. The molecule has 0 radical (unpaired) electrons. The van der Waals surface area contributed by atoms with Gasteiger partial charge in [-0.25, -0.2) is 0 Å². The van der Waals surface area contributed by atoms with Gasteiger partial charge >= 0.3 is 0 Å². The number of nitrogens with one attached hydrogen (secondary N) is 2. The van der Waals surface area contributed by atoms with E-state index in [2.05, 4.69) is 10.6 Å². The van der Waals surface area contributed by atoms with E-state index >= 15 is 0 Å². The second-order valence-corrected chi connectivity index (χ2v) is 6.51. The summed E-state index contributed by atoms with van der Waals surface area (Å²) >= 11 is 0. The molecular weight excluding hydrogens is 352 g/mol. The first kappa shape index (κ1) is 19.2. The zero-order chi connectivity index (χ0) is 19.9. The lowest BCUT2D eigenvalue weighted by molar-refractivity contribution is -0.118. The molecule has 5 nitrogen and oxygen atoms in total. The van der Waals surface area contributed by atoms with Crippen molar-refractivity contribution in [3.63, 3.8) is 0 Å². The van der Waals surface area contributed by atoms with Crippen molar-refractivity contribution < 1.29 is 14.3 Å². The van der Waals surface area contributed by atoms with Crippen LogP contribution in [0.2, 0.25) is 0 Å². The zero-order valence-electron chi connectivity index (χ0n) is 15.9. The maximum absolute atomic E-state index is 12.5.